The molecule has 0 spiro atoms. The van der Waals surface area contributed by atoms with Crippen LogP contribution in [0.1, 0.15) is 20.3 Å². The molecule has 0 saturated carbocycles. The molecule has 0 aliphatic carbocycles. The van der Waals surface area contributed by atoms with E-state index in [2.05, 4.69) is 16.1 Å². The number of rotatable bonds is 4. The maximum atomic E-state index is 10.7. The summed E-state index contributed by atoms with van der Waals surface area (Å²) in [5.74, 6) is -0.0446. The molecule has 19 heavy (non-hydrogen) atoms. The van der Waals surface area contributed by atoms with Crippen molar-refractivity contribution in [1.29, 1.82) is 0 Å². The molecule has 2 N–H and O–H groups in total. The van der Waals surface area contributed by atoms with E-state index in [-0.39, 0.29) is 5.91 Å². The highest BCUT2D eigenvalue weighted by Crippen LogP contribution is 1.84. The zero-order valence-electron chi connectivity index (χ0n) is 12.6. The molecule has 7 nitrogen and oxygen atoms in total. The van der Waals surface area contributed by atoms with Crippen LogP contribution in [-0.2, 0) is 19.4 Å². The number of carbonyl (C=O) groups is 1. The fourth-order valence-corrected chi connectivity index (χ4v) is 0.389. The number of hydrogen-bond donors (Lipinski definition) is 2. The van der Waals surface area contributed by atoms with Crippen molar-refractivity contribution in [3.05, 3.63) is 12.2 Å². The molecular weight excluding hydrogens is 272 g/mol. The van der Waals surface area contributed by atoms with Gasteiger partial charge in [-0.15, -0.1) is 0 Å². The van der Waals surface area contributed by atoms with Crippen LogP contribution in [0.15, 0.2) is 12.2 Å². The molecule has 0 atom stereocenters. The summed E-state index contributed by atoms with van der Waals surface area (Å²) in [6.07, 6.45) is 0.971. The van der Waals surface area contributed by atoms with E-state index >= 15 is 0 Å². The van der Waals surface area contributed by atoms with Crippen molar-refractivity contribution in [2.75, 3.05) is 34.8 Å². The Labute approximate surface area is 116 Å². The average molecular weight is 298 g/mol. The van der Waals surface area contributed by atoms with Gasteiger partial charge in [-0.2, -0.15) is 8.42 Å². The minimum atomic E-state index is -4.16. The molecule has 0 fully saturated rings. The van der Waals surface area contributed by atoms with Gasteiger partial charge in [-0.05, 0) is 34.5 Å². The third-order valence-electron chi connectivity index (χ3n) is 1.13. The number of carbonyl (C=O) groups excluding carboxylic acids is 1. The lowest BCUT2D eigenvalue weighted by Gasteiger charge is -1.99. The van der Waals surface area contributed by atoms with E-state index in [9.17, 15) is 13.2 Å². The highest BCUT2D eigenvalue weighted by atomic mass is 32.3. The maximum absolute atomic E-state index is 10.7. The standard InChI is InChI=1S/C7H13NO.C3H9N.CH4O4S/c1-4-5-8-7(9)6(2)3;1-4(2)3;1-5-6(2,3)4/h2,4-5H2,1,3H3,(H,8,9);1-3H3;1H3,(H,2,3,4). The van der Waals surface area contributed by atoms with Crippen LogP contribution in [0.25, 0.3) is 0 Å². The second kappa shape index (κ2) is 13.5. The Balaban J connectivity index is -0.000000222. The van der Waals surface area contributed by atoms with Gasteiger partial charge in [0.2, 0.25) is 5.91 Å². The third-order valence-corrected chi connectivity index (χ3v) is 1.56. The summed E-state index contributed by atoms with van der Waals surface area (Å²) in [6.45, 7) is 7.95. The second-order valence-electron chi connectivity index (χ2n) is 3.97. The SMILES string of the molecule is C=C(C)C(=O)NCCC.CN(C)C.COS(=O)(=O)O. The Morgan fingerprint density at radius 2 is 1.68 bits per heavy atom. The smallest absolute Gasteiger partial charge is 0.352 e. The summed E-state index contributed by atoms with van der Waals surface area (Å²) in [6, 6.07) is 0. The van der Waals surface area contributed by atoms with Gasteiger partial charge in [-0.1, -0.05) is 13.5 Å². The minimum absolute atomic E-state index is 0.0446. The Bertz CT molecular complexity index is 336. The summed E-state index contributed by atoms with van der Waals surface area (Å²) >= 11 is 0. The van der Waals surface area contributed by atoms with Crippen LogP contribution in [-0.4, -0.2) is 58.6 Å². The monoisotopic (exact) mass is 298 g/mol. The predicted molar refractivity (Wildman–Crippen MR) is 76.3 cm³/mol. The zero-order chi connectivity index (χ0) is 16.1. The summed E-state index contributed by atoms with van der Waals surface area (Å²) in [5, 5.41) is 2.69. The average Bonchev–Trinajstić information content (AvgIpc) is 2.24. The first kappa shape index (κ1) is 23.2. The van der Waals surface area contributed by atoms with Gasteiger partial charge in [-0.3, -0.25) is 13.5 Å². The first-order valence-corrected chi connectivity index (χ1v) is 6.92. The lowest BCUT2D eigenvalue weighted by Crippen LogP contribution is -2.24. The molecule has 1 amide bonds. The molecule has 0 aromatic heterocycles. The number of nitrogens with one attached hydrogen (secondary N) is 1. The van der Waals surface area contributed by atoms with Crippen LogP contribution >= 0.6 is 0 Å². The van der Waals surface area contributed by atoms with Gasteiger partial charge >= 0.3 is 10.4 Å². The Kier molecular flexibility index (Phi) is 16.4. The molecule has 0 unspecified atom stereocenters. The summed E-state index contributed by atoms with van der Waals surface area (Å²) in [4.78, 5) is 12.7. The molecule has 0 radical (unpaired) electrons. The van der Waals surface area contributed by atoms with E-state index < -0.39 is 10.4 Å². The zero-order valence-corrected chi connectivity index (χ0v) is 13.4. The van der Waals surface area contributed by atoms with Crippen LogP contribution in [0.5, 0.6) is 0 Å². The van der Waals surface area contributed by atoms with Gasteiger partial charge in [0.15, 0.2) is 0 Å². The Hall–Kier alpha value is -0.960. The topological polar surface area (TPSA) is 95.9 Å². The maximum Gasteiger partial charge on any atom is 0.397 e. The number of amides is 1. The van der Waals surface area contributed by atoms with Crippen molar-refractivity contribution in [2.45, 2.75) is 20.3 Å². The second-order valence-corrected chi connectivity index (χ2v) is 5.16. The highest BCUT2D eigenvalue weighted by Gasteiger charge is 1.96. The lowest BCUT2D eigenvalue weighted by atomic mass is 10.3. The van der Waals surface area contributed by atoms with Crippen LogP contribution in [0.3, 0.4) is 0 Å². The molecule has 8 heteroatoms. The molecule has 0 aliphatic heterocycles. The summed E-state index contributed by atoms with van der Waals surface area (Å²) < 4.78 is 29.7. The molecule has 0 heterocycles. The first-order valence-electron chi connectivity index (χ1n) is 5.55. The van der Waals surface area contributed by atoms with E-state index in [1.54, 1.807) is 6.92 Å². The molecule has 0 aromatic carbocycles. The minimum Gasteiger partial charge on any atom is -0.352 e. The van der Waals surface area contributed by atoms with Crippen LogP contribution in [0, 0.1) is 0 Å². The molecule has 0 bridgehead atoms. The van der Waals surface area contributed by atoms with Gasteiger partial charge in [0, 0.05) is 12.1 Å². The van der Waals surface area contributed by atoms with Crippen molar-refractivity contribution in [3.8, 4) is 0 Å². The molecular formula is C11H26N2O5S. The van der Waals surface area contributed by atoms with E-state index in [0.717, 1.165) is 20.1 Å². The third kappa shape index (κ3) is 38.2. The number of hydrogen-bond acceptors (Lipinski definition) is 5. The Morgan fingerprint density at radius 1 is 1.37 bits per heavy atom. The van der Waals surface area contributed by atoms with Gasteiger partial charge < -0.3 is 10.2 Å². The van der Waals surface area contributed by atoms with Gasteiger partial charge in [-0.25, -0.2) is 0 Å². The fourth-order valence-electron chi connectivity index (χ4n) is 0.389. The normalized spacial score (nSPS) is 9.68. The molecule has 0 saturated heterocycles. The van der Waals surface area contributed by atoms with E-state index in [1.807, 2.05) is 33.0 Å². The van der Waals surface area contributed by atoms with Crippen molar-refractivity contribution in [3.63, 3.8) is 0 Å². The number of nitrogens with zero attached hydrogens (tertiary/aromatic N) is 1. The van der Waals surface area contributed by atoms with Crippen LogP contribution in [0.2, 0.25) is 0 Å². The predicted octanol–water partition coefficient (Wildman–Crippen LogP) is 0.702. The van der Waals surface area contributed by atoms with E-state index in [0.29, 0.717) is 5.57 Å². The largest absolute Gasteiger partial charge is 0.397 e. The quantitative estimate of drug-likeness (QED) is 0.586. The molecule has 0 rings (SSSR count). The van der Waals surface area contributed by atoms with Crippen molar-refractivity contribution in [2.24, 2.45) is 0 Å². The summed E-state index contributed by atoms with van der Waals surface area (Å²) in [5.41, 5.74) is 0.573. The van der Waals surface area contributed by atoms with E-state index in [4.69, 9.17) is 4.55 Å². The lowest BCUT2D eigenvalue weighted by molar-refractivity contribution is -0.117. The molecule has 116 valence electrons. The fraction of sp³-hybridized carbons (Fsp3) is 0.727. The van der Waals surface area contributed by atoms with Gasteiger partial charge in [0.1, 0.15) is 0 Å². The van der Waals surface area contributed by atoms with Crippen LogP contribution < -0.4 is 5.32 Å². The Morgan fingerprint density at radius 3 is 1.84 bits per heavy atom. The van der Waals surface area contributed by atoms with Gasteiger partial charge in [0.25, 0.3) is 0 Å². The highest BCUT2D eigenvalue weighted by molar-refractivity contribution is 7.80. The van der Waals surface area contributed by atoms with Gasteiger partial charge in [0.05, 0.1) is 7.11 Å². The molecule has 0 aromatic rings. The molecule has 0 aliphatic rings. The summed E-state index contributed by atoms with van der Waals surface area (Å²) in [7, 11) is 2.71. The van der Waals surface area contributed by atoms with Crippen molar-refractivity contribution in [1.82, 2.24) is 10.2 Å². The first-order chi connectivity index (χ1) is 8.47. The van der Waals surface area contributed by atoms with Crippen LogP contribution in [0.4, 0.5) is 0 Å². The van der Waals surface area contributed by atoms with Crippen molar-refractivity contribution >= 4 is 16.3 Å². The van der Waals surface area contributed by atoms with E-state index in [1.165, 1.54) is 0 Å². The van der Waals surface area contributed by atoms with Crippen molar-refractivity contribution < 1.29 is 21.9 Å².